The Hall–Kier alpha value is -1.99. The second-order valence-electron chi connectivity index (χ2n) is 8.26. The first-order valence-corrected chi connectivity index (χ1v) is 10.8. The van der Waals surface area contributed by atoms with Crippen LogP contribution >= 0.6 is 23.4 Å². The number of hydrogen-bond donors (Lipinski definition) is 1. The number of carbonyl (C=O) groups excluding carboxylic acids is 3. The predicted molar refractivity (Wildman–Crippen MR) is 116 cm³/mol. The number of esters is 1. The van der Waals surface area contributed by atoms with Crippen molar-refractivity contribution in [2.45, 2.75) is 45.6 Å². The summed E-state index contributed by atoms with van der Waals surface area (Å²) >= 11 is 7.38. The van der Waals surface area contributed by atoms with Gasteiger partial charge in [0.25, 0.3) is 11.1 Å². The Morgan fingerprint density at radius 2 is 2.14 bits per heavy atom. The van der Waals surface area contributed by atoms with Gasteiger partial charge in [0, 0.05) is 25.1 Å². The molecule has 0 spiro atoms. The van der Waals surface area contributed by atoms with Crippen LogP contribution in [0.25, 0.3) is 6.08 Å². The predicted octanol–water partition coefficient (Wildman–Crippen LogP) is 4.61. The number of benzene rings is 1. The highest BCUT2D eigenvalue weighted by Crippen LogP contribution is 2.37. The summed E-state index contributed by atoms with van der Waals surface area (Å²) in [6.07, 6.45) is 3.82. The highest BCUT2D eigenvalue weighted by Gasteiger charge is 2.29. The summed E-state index contributed by atoms with van der Waals surface area (Å²) in [6.45, 7) is 7.20. The number of ether oxygens (including phenoxy) is 1. The fourth-order valence-electron chi connectivity index (χ4n) is 3.53. The molecule has 2 aliphatic heterocycles. The standard InChI is InChI=1S/C21H25ClN2O4S/c1-21(2,3)28-17(25)8-7-13-9-10-24(12-13)18-14(5-4-6-15(18)22)11-16-19(26)23-20(27)29-16/h4-6,11,13H,7-10,12H2,1-3H3,(H,23,26,27)/b16-11-/t13-/m1/s1. The molecular formula is C21H25ClN2O4S. The molecule has 2 saturated heterocycles. The van der Waals surface area contributed by atoms with Gasteiger partial charge in [-0.15, -0.1) is 0 Å². The number of para-hydroxylation sites is 1. The maximum Gasteiger partial charge on any atom is 0.306 e. The lowest BCUT2D eigenvalue weighted by Gasteiger charge is -2.23. The van der Waals surface area contributed by atoms with E-state index in [2.05, 4.69) is 10.2 Å². The highest BCUT2D eigenvalue weighted by molar-refractivity contribution is 8.18. The van der Waals surface area contributed by atoms with E-state index < -0.39 is 5.60 Å². The van der Waals surface area contributed by atoms with Gasteiger partial charge in [-0.25, -0.2) is 0 Å². The molecule has 1 atom stereocenters. The SMILES string of the molecule is CC(C)(C)OC(=O)CC[C@@H]1CCN(c2c(Cl)cccc2/C=C2\SC(=O)NC2=O)C1. The van der Waals surface area contributed by atoms with Crippen molar-refractivity contribution in [3.63, 3.8) is 0 Å². The van der Waals surface area contributed by atoms with Gasteiger partial charge in [-0.3, -0.25) is 19.7 Å². The van der Waals surface area contributed by atoms with Gasteiger partial charge in [-0.05, 0) is 63.4 Å². The molecule has 0 bridgehead atoms. The molecule has 0 saturated carbocycles. The first-order valence-electron chi connectivity index (χ1n) is 9.62. The minimum Gasteiger partial charge on any atom is -0.460 e. The third-order valence-electron chi connectivity index (χ3n) is 4.73. The number of nitrogens with zero attached hydrogens (tertiary/aromatic N) is 1. The average Bonchev–Trinajstić information content (AvgIpc) is 3.18. The van der Waals surface area contributed by atoms with E-state index in [0.717, 1.165) is 48.9 Å². The summed E-state index contributed by atoms with van der Waals surface area (Å²) in [5, 5.41) is 2.50. The summed E-state index contributed by atoms with van der Waals surface area (Å²) in [4.78, 5) is 37.9. The van der Waals surface area contributed by atoms with Crippen molar-refractivity contribution >= 4 is 52.2 Å². The molecule has 8 heteroatoms. The van der Waals surface area contributed by atoms with Crippen LogP contribution in [0.3, 0.4) is 0 Å². The van der Waals surface area contributed by atoms with Crippen molar-refractivity contribution in [2.24, 2.45) is 5.92 Å². The molecule has 6 nitrogen and oxygen atoms in total. The van der Waals surface area contributed by atoms with Crippen LogP contribution in [0.2, 0.25) is 5.02 Å². The Bertz CT molecular complexity index is 863. The summed E-state index contributed by atoms with van der Waals surface area (Å²) in [5.74, 6) is -0.194. The van der Waals surface area contributed by atoms with Gasteiger partial charge >= 0.3 is 5.97 Å². The van der Waals surface area contributed by atoms with E-state index in [9.17, 15) is 14.4 Å². The van der Waals surface area contributed by atoms with Crippen LogP contribution < -0.4 is 10.2 Å². The second kappa shape index (κ2) is 8.79. The molecule has 0 radical (unpaired) electrons. The highest BCUT2D eigenvalue weighted by atomic mass is 35.5. The smallest absolute Gasteiger partial charge is 0.306 e. The zero-order valence-electron chi connectivity index (χ0n) is 16.8. The lowest BCUT2D eigenvalue weighted by atomic mass is 10.0. The molecule has 3 rings (SSSR count). The van der Waals surface area contributed by atoms with Crippen LogP contribution in [0.5, 0.6) is 0 Å². The number of amides is 2. The molecule has 0 aliphatic carbocycles. The van der Waals surface area contributed by atoms with Crippen molar-refractivity contribution in [3.05, 3.63) is 33.7 Å². The van der Waals surface area contributed by atoms with Crippen LogP contribution in [-0.4, -0.2) is 35.8 Å². The lowest BCUT2D eigenvalue weighted by Crippen LogP contribution is -2.24. The van der Waals surface area contributed by atoms with Crippen molar-refractivity contribution in [1.29, 1.82) is 0 Å². The van der Waals surface area contributed by atoms with Gasteiger partial charge < -0.3 is 9.64 Å². The summed E-state index contributed by atoms with van der Waals surface area (Å²) in [5.41, 5.74) is 1.19. The molecule has 0 aromatic heterocycles. The molecule has 1 aromatic rings. The lowest BCUT2D eigenvalue weighted by molar-refractivity contribution is -0.155. The molecule has 2 heterocycles. The van der Waals surface area contributed by atoms with Crippen LogP contribution in [0.4, 0.5) is 10.5 Å². The third-order valence-corrected chi connectivity index (χ3v) is 5.84. The number of imide groups is 1. The largest absolute Gasteiger partial charge is 0.460 e. The van der Waals surface area contributed by atoms with Crippen LogP contribution in [-0.2, 0) is 14.3 Å². The molecule has 2 aliphatic rings. The zero-order valence-corrected chi connectivity index (χ0v) is 18.4. The van der Waals surface area contributed by atoms with E-state index in [-0.39, 0.29) is 17.1 Å². The van der Waals surface area contributed by atoms with E-state index in [0.29, 0.717) is 22.3 Å². The molecule has 156 valence electrons. The monoisotopic (exact) mass is 436 g/mol. The van der Waals surface area contributed by atoms with E-state index in [1.807, 2.05) is 39.0 Å². The Morgan fingerprint density at radius 1 is 1.38 bits per heavy atom. The maximum atomic E-state index is 12.0. The number of halogens is 1. The molecule has 2 fully saturated rings. The van der Waals surface area contributed by atoms with E-state index >= 15 is 0 Å². The van der Waals surface area contributed by atoms with Crippen LogP contribution in [0.15, 0.2) is 23.1 Å². The van der Waals surface area contributed by atoms with Crippen molar-refractivity contribution in [2.75, 3.05) is 18.0 Å². The normalized spacial score (nSPS) is 21.0. The number of hydrogen-bond acceptors (Lipinski definition) is 6. The maximum absolute atomic E-state index is 12.0. The number of rotatable bonds is 5. The van der Waals surface area contributed by atoms with Crippen molar-refractivity contribution in [1.82, 2.24) is 5.32 Å². The first kappa shape index (κ1) is 21.7. The van der Waals surface area contributed by atoms with Gasteiger partial charge in [0.15, 0.2) is 0 Å². The summed E-state index contributed by atoms with van der Waals surface area (Å²) in [6, 6.07) is 5.53. The minimum atomic E-state index is -0.468. The number of thioether (sulfide) groups is 1. The first-order chi connectivity index (χ1) is 13.6. The second-order valence-corrected chi connectivity index (χ2v) is 9.68. The fourth-order valence-corrected chi connectivity index (χ4v) is 4.50. The van der Waals surface area contributed by atoms with E-state index in [4.69, 9.17) is 16.3 Å². The molecule has 1 N–H and O–H groups in total. The minimum absolute atomic E-state index is 0.173. The number of nitrogens with one attached hydrogen (secondary N) is 1. The summed E-state index contributed by atoms with van der Waals surface area (Å²) < 4.78 is 5.39. The van der Waals surface area contributed by atoms with Gasteiger partial charge in [0.1, 0.15) is 5.60 Å². The van der Waals surface area contributed by atoms with E-state index in [1.54, 1.807) is 6.08 Å². The molecular weight excluding hydrogens is 412 g/mol. The van der Waals surface area contributed by atoms with Crippen LogP contribution in [0.1, 0.15) is 45.6 Å². The fraction of sp³-hybridized carbons (Fsp3) is 0.476. The average molecular weight is 437 g/mol. The molecule has 29 heavy (non-hydrogen) atoms. The van der Waals surface area contributed by atoms with Gasteiger partial charge in [-0.2, -0.15) is 0 Å². The Labute approximate surface area is 180 Å². The van der Waals surface area contributed by atoms with Crippen LogP contribution in [0, 0.1) is 5.92 Å². The Morgan fingerprint density at radius 3 is 2.79 bits per heavy atom. The Kier molecular flexibility index (Phi) is 6.58. The number of anilines is 1. The molecule has 1 aromatic carbocycles. The van der Waals surface area contributed by atoms with Crippen molar-refractivity contribution < 1.29 is 19.1 Å². The zero-order chi connectivity index (χ0) is 21.2. The van der Waals surface area contributed by atoms with Crippen molar-refractivity contribution in [3.8, 4) is 0 Å². The van der Waals surface area contributed by atoms with Gasteiger partial charge in [-0.1, -0.05) is 23.7 Å². The van der Waals surface area contributed by atoms with Gasteiger partial charge in [0.05, 0.1) is 15.6 Å². The van der Waals surface area contributed by atoms with E-state index in [1.165, 1.54) is 0 Å². The third kappa shape index (κ3) is 5.76. The molecule has 2 amide bonds. The Balaban J connectivity index is 1.69. The molecule has 0 unspecified atom stereocenters. The topological polar surface area (TPSA) is 75.7 Å². The van der Waals surface area contributed by atoms with Gasteiger partial charge in [0.2, 0.25) is 0 Å². The quantitative estimate of drug-likeness (QED) is 0.536. The number of carbonyl (C=O) groups is 3. The summed E-state index contributed by atoms with van der Waals surface area (Å²) in [7, 11) is 0.